The Hall–Kier alpha value is -2.43. The van der Waals surface area contributed by atoms with E-state index >= 15 is 0 Å². The molecule has 8 atom stereocenters. The summed E-state index contributed by atoms with van der Waals surface area (Å²) in [5, 5.41) is 45.1. The smallest absolute Gasteiger partial charge is 0.308 e. The number of aliphatic carboxylic acids is 1. The number of aliphatic hydroxyl groups excluding tert-OH is 3. The number of carbonyl (C=O) groups excluding carboxylic acids is 1. The van der Waals surface area contributed by atoms with E-state index in [0.29, 0.717) is 25.7 Å². The summed E-state index contributed by atoms with van der Waals surface area (Å²) < 4.78 is 5.84. The molecule has 10 nitrogen and oxygen atoms in total. The first-order valence-corrected chi connectivity index (χ1v) is 11.8. The van der Waals surface area contributed by atoms with E-state index in [0.717, 1.165) is 5.57 Å². The van der Waals surface area contributed by atoms with Gasteiger partial charge in [0.05, 0.1) is 30.7 Å². The summed E-state index contributed by atoms with van der Waals surface area (Å²) in [4.78, 5) is 23.1. The molecule has 0 unspecified atom stereocenters. The van der Waals surface area contributed by atoms with Crippen LogP contribution in [0.25, 0.3) is 0 Å². The van der Waals surface area contributed by atoms with Crippen molar-refractivity contribution in [3.63, 3.8) is 0 Å². The molecule has 0 bridgehead atoms. The monoisotopic (exact) mass is 483 g/mol. The number of carboxylic acids is 1. The average Bonchev–Trinajstić information content (AvgIpc) is 2.71. The maximum atomic E-state index is 12.4. The second kappa shape index (κ2) is 14.1. The maximum absolute atomic E-state index is 12.4. The fraction of sp³-hybridized carbons (Fsp3) is 0.708. The summed E-state index contributed by atoms with van der Waals surface area (Å²) in [6.45, 7) is 5.85. The summed E-state index contributed by atoms with van der Waals surface area (Å²) in [7, 11) is 0. The molecule has 0 radical (unpaired) electrons. The Labute approximate surface area is 201 Å². The lowest BCUT2D eigenvalue weighted by atomic mass is 9.66. The number of ether oxygens (including phenoxy) is 1. The predicted molar refractivity (Wildman–Crippen MR) is 128 cm³/mol. The second-order valence-electron chi connectivity index (χ2n) is 9.34. The number of rotatable bonds is 10. The van der Waals surface area contributed by atoms with E-state index in [4.69, 9.17) is 15.3 Å². The number of nitrogens with one attached hydrogen (secondary N) is 1. The van der Waals surface area contributed by atoms with Crippen LogP contribution >= 0.6 is 0 Å². The van der Waals surface area contributed by atoms with Crippen molar-refractivity contribution in [2.24, 2.45) is 35.1 Å². The molecule has 0 heterocycles. The first-order valence-electron chi connectivity index (χ1n) is 11.8. The summed E-state index contributed by atoms with van der Waals surface area (Å²) in [6.07, 6.45) is 4.64. The Morgan fingerprint density at radius 1 is 1.26 bits per heavy atom. The third-order valence-corrected chi connectivity index (χ3v) is 6.44. The van der Waals surface area contributed by atoms with Gasteiger partial charge in [0.2, 0.25) is 0 Å². The highest BCUT2D eigenvalue weighted by Gasteiger charge is 2.42. The maximum Gasteiger partial charge on any atom is 0.308 e. The quantitative estimate of drug-likeness (QED) is 0.136. The number of hydrogen-bond donors (Lipinski definition) is 7. The SMILES string of the molecule is CC[C@H](C)C(=O)O[C@H]1C[C@H](O)C=C2C=C[C@H](C)[C@H](CC[C@@H](O)C[C@@H](O)CC(=O)O)[C@H]21.N=C(N)N. The zero-order valence-corrected chi connectivity index (χ0v) is 20.3. The van der Waals surface area contributed by atoms with Gasteiger partial charge in [-0.25, -0.2) is 0 Å². The molecule has 0 aliphatic heterocycles. The topological polar surface area (TPSA) is 200 Å². The van der Waals surface area contributed by atoms with Gasteiger partial charge in [-0.2, -0.15) is 0 Å². The fourth-order valence-corrected chi connectivity index (χ4v) is 4.52. The van der Waals surface area contributed by atoms with Crippen molar-refractivity contribution >= 4 is 17.9 Å². The van der Waals surface area contributed by atoms with Crippen LogP contribution in [0.3, 0.4) is 0 Å². The molecule has 0 aromatic rings. The minimum Gasteiger partial charge on any atom is -0.481 e. The number of nitrogens with two attached hydrogens (primary N) is 2. The molecular weight excluding hydrogens is 442 g/mol. The van der Waals surface area contributed by atoms with Crippen molar-refractivity contribution in [3.05, 3.63) is 23.8 Å². The Balaban J connectivity index is 0.00000133. The number of allylic oxidation sites excluding steroid dienone is 2. The zero-order valence-electron chi connectivity index (χ0n) is 20.3. The van der Waals surface area contributed by atoms with Crippen LogP contribution in [0.4, 0.5) is 0 Å². The molecule has 0 spiro atoms. The number of aliphatic hydroxyl groups is 3. The van der Waals surface area contributed by atoms with Crippen molar-refractivity contribution in [1.82, 2.24) is 0 Å². The zero-order chi connectivity index (χ0) is 26.0. The van der Waals surface area contributed by atoms with Crippen LogP contribution in [0, 0.1) is 29.1 Å². The minimum absolute atomic E-state index is 0.0156. The molecule has 2 rings (SSSR count). The molecule has 0 aromatic carbocycles. The molecule has 0 aromatic heterocycles. The van der Waals surface area contributed by atoms with Gasteiger partial charge >= 0.3 is 11.9 Å². The van der Waals surface area contributed by atoms with Crippen molar-refractivity contribution < 1.29 is 34.8 Å². The van der Waals surface area contributed by atoms with Crippen LogP contribution in [0.1, 0.15) is 59.3 Å². The predicted octanol–water partition coefficient (Wildman–Crippen LogP) is 1.28. The number of fused-ring (bicyclic) bond motifs is 1. The van der Waals surface area contributed by atoms with Crippen LogP contribution in [0.2, 0.25) is 0 Å². The van der Waals surface area contributed by atoms with Gasteiger partial charge in [0.15, 0.2) is 5.96 Å². The summed E-state index contributed by atoms with van der Waals surface area (Å²) in [5.41, 5.74) is 9.90. The van der Waals surface area contributed by atoms with Gasteiger partial charge in [-0.3, -0.25) is 15.0 Å². The van der Waals surface area contributed by atoms with Gasteiger partial charge in [0.25, 0.3) is 0 Å². The van der Waals surface area contributed by atoms with Gasteiger partial charge in [-0.1, -0.05) is 39.0 Å². The minimum atomic E-state index is -1.10. The van der Waals surface area contributed by atoms with E-state index in [-0.39, 0.29) is 48.4 Å². The van der Waals surface area contributed by atoms with Crippen LogP contribution < -0.4 is 11.5 Å². The van der Waals surface area contributed by atoms with Gasteiger partial charge in [0, 0.05) is 12.3 Å². The lowest BCUT2D eigenvalue weighted by Gasteiger charge is -2.43. The fourth-order valence-electron chi connectivity index (χ4n) is 4.52. The molecule has 2 aliphatic carbocycles. The van der Waals surface area contributed by atoms with Crippen LogP contribution in [-0.4, -0.2) is 62.7 Å². The average molecular weight is 484 g/mol. The largest absolute Gasteiger partial charge is 0.481 e. The number of carbonyl (C=O) groups is 2. The van der Waals surface area contributed by atoms with Crippen molar-refractivity contribution in [2.75, 3.05) is 0 Å². The van der Waals surface area contributed by atoms with E-state index in [1.54, 1.807) is 0 Å². The highest BCUT2D eigenvalue weighted by Crippen LogP contribution is 2.44. The molecule has 0 saturated heterocycles. The summed E-state index contributed by atoms with van der Waals surface area (Å²) >= 11 is 0. The molecule has 0 amide bonds. The van der Waals surface area contributed by atoms with E-state index < -0.39 is 30.4 Å². The standard InChI is InChI=1S/C23H36O7.CH5N3/c1-4-13(2)23(29)30-20-11-17(25)9-15-6-5-14(3)19(22(15)20)8-7-16(24)10-18(26)12-21(27)28;2-1(3)4/h5-6,9,13-14,16-20,22,24-26H,4,7-8,10-12H2,1-3H3,(H,27,28);(H5,2,3,4)/t13-,14-,16+,17+,18+,19-,20-,22-;/m0./s1. The number of esters is 1. The van der Waals surface area contributed by atoms with E-state index in [9.17, 15) is 24.9 Å². The molecule has 0 fully saturated rings. The summed E-state index contributed by atoms with van der Waals surface area (Å²) in [5.74, 6) is -1.64. The Morgan fingerprint density at radius 2 is 1.88 bits per heavy atom. The Bertz CT molecular complexity index is 751. The third kappa shape index (κ3) is 9.82. The van der Waals surface area contributed by atoms with Gasteiger partial charge in [-0.15, -0.1) is 0 Å². The van der Waals surface area contributed by atoms with E-state index in [1.165, 1.54) is 0 Å². The molecule has 10 heteroatoms. The van der Waals surface area contributed by atoms with Gasteiger partial charge < -0.3 is 36.6 Å². The molecule has 34 heavy (non-hydrogen) atoms. The van der Waals surface area contributed by atoms with Crippen molar-refractivity contribution in [2.45, 2.75) is 83.7 Å². The molecule has 9 N–H and O–H groups in total. The van der Waals surface area contributed by atoms with Crippen LogP contribution in [-0.2, 0) is 14.3 Å². The Morgan fingerprint density at radius 3 is 2.44 bits per heavy atom. The Kier molecular flexibility index (Phi) is 12.3. The number of carboxylic acid groups (broad SMARTS) is 1. The lowest BCUT2D eigenvalue weighted by molar-refractivity contribution is -0.159. The summed E-state index contributed by atoms with van der Waals surface area (Å²) in [6, 6.07) is 0. The van der Waals surface area contributed by atoms with Crippen molar-refractivity contribution in [3.8, 4) is 0 Å². The molecule has 2 aliphatic rings. The van der Waals surface area contributed by atoms with Crippen LogP contribution in [0.15, 0.2) is 23.8 Å². The molecule has 194 valence electrons. The lowest BCUT2D eigenvalue weighted by Crippen LogP contribution is -2.43. The van der Waals surface area contributed by atoms with Gasteiger partial charge in [-0.05, 0) is 43.1 Å². The number of guanidine groups is 1. The molecular formula is C24H41N3O7. The van der Waals surface area contributed by atoms with E-state index in [2.05, 4.69) is 24.5 Å². The van der Waals surface area contributed by atoms with E-state index in [1.807, 2.05) is 26.0 Å². The normalized spacial score (nSPS) is 28.3. The van der Waals surface area contributed by atoms with Crippen LogP contribution in [0.5, 0.6) is 0 Å². The number of hydrogen-bond acceptors (Lipinski definition) is 7. The third-order valence-electron chi connectivity index (χ3n) is 6.44. The first-order chi connectivity index (χ1) is 15.8. The highest BCUT2D eigenvalue weighted by molar-refractivity contribution is 5.72. The molecule has 0 saturated carbocycles. The second-order valence-corrected chi connectivity index (χ2v) is 9.34. The highest BCUT2D eigenvalue weighted by atomic mass is 16.5. The van der Waals surface area contributed by atoms with Gasteiger partial charge in [0.1, 0.15) is 6.10 Å². The van der Waals surface area contributed by atoms with Crippen molar-refractivity contribution in [1.29, 1.82) is 5.41 Å². The first kappa shape index (κ1) is 29.6.